The lowest BCUT2D eigenvalue weighted by molar-refractivity contribution is 0.101. The molecule has 2 N–H and O–H groups in total. The summed E-state index contributed by atoms with van der Waals surface area (Å²) in [4.78, 5) is 19.4. The van der Waals surface area contributed by atoms with Gasteiger partial charge in [-0.05, 0) is 31.4 Å². The zero-order valence-corrected chi connectivity index (χ0v) is 11.5. The third kappa shape index (κ3) is 2.53. The molecular formula is C14H16N2O2S. The van der Waals surface area contributed by atoms with Crippen LogP contribution in [0.2, 0.25) is 0 Å². The minimum Gasteiger partial charge on any atom is -0.393 e. The van der Waals surface area contributed by atoms with Crippen LogP contribution in [0.25, 0.3) is 10.9 Å². The Balaban J connectivity index is 1.84. The van der Waals surface area contributed by atoms with Crippen molar-refractivity contribution in [3.05, 3.63) is 39.9 Å². The highest BCUT2D eigenvalue weighted by molar-refractivity contribution is 7.99. The van der Waals surface area contributed by atoms with Crippen molar-refractivity contribution in [3.63, 3.8) is 0 Å². The van der Waals surface area contributed by atoms with E-state index < -0.39 is 0 Å². The lowest BCUT2D eigenvalue weighted by Crippen LogP contribution is -2.30. The number of H-pyrrole nitrogens is 1. The Morgan fingerprint density at radius 2 is 2.26 bits per heavy atom. The Bertz CT molecular complexity index is 662. The molecule has 0 amide bonds. The van der Waals surface area contributed by atoms with Crippen LogP contribution < -0.4 is 5.56 Å². The predicted octanol–water partition coefficient (Wildman–Crippen LogP) is 1.99. The first-order chi connectivity index (χ1) is 9.13. The van der Waals surface area contributed by atoms with Gasteiger partial charge in [-0.25, -0.2) is 4.98 Å². The van der Waals surface area contributed by atoms with Gasteiger partial charge in [0.15, 0.2) is 0 Å². The number of hydrogen-bond acceptors (Lipinski definition) is 4. The van der Waals surface area contributed by atoms with Crippen LogP contribution in [0.5, 0.6) is 0 Å². The molecule has 1 aliphatic carbocycles. The third-order valence-corrected chi connectivity index (χ3v) is 4.81. The van der Waals surface area contributed by atoms with Crippen molar-refractivity contribution >= 4 is 22.7 Å². The molecule has 1 aromatic heterocycles. The number of aliphatic hydroxyl groups excluding tert-OH is 1. The van der Waals surface area contributed by atoms with E-state index in [0.717, 1.165) is 29.7 Å². The molecule has 2 aromatic rings. The summed E-state index contributed by atoms with van der Waals surface area (Å²) in [6.45, 7) is 1.97. The van der Waals surface area contributed by atoms with E-state index in [1.165, 1.54) is 0 Å². The van der Waals surface area contributed by atoms with Crippen LogP contribution in [0.3, 0.4) is 0 Å². The predicted molar refractivity (Wildman–Crippen MR) is 77.4 cm³/mol. The molecule has 3 rings (SSSR count). The van der Waals surface area contributed by atoms with Gasteiger partial charge < -0.3 is 10.1 Å². The van der Waals surface area contributed by atoms with Crippen molar-refractivity contribution in [3.8, 4) is 0 Å². The number of benzene rings is 1. The Kier molecular flexibility index (Phi) is 3.33. The fourth-order valence-electron chi connectivity index (χ4n) is 2.29. The van der Waals surface area contributed by atoms with Gasteiger partial charge in [-0.3, -0.25) is 4.79 Å². The summed E-state index contributed by atoms with van der Waals surface area (Å²) in [7, 11) is 0. The summed E-state index contributed by atoms with van der Waals surface area (Å²) < 4.78 is 0. The van der Waals surface area contributed by atoms with E-state index in [-0.39, 0.29) is 11.7 Å². The van der Waals surface area contributed by atoms with E-state index in [0.29, 0.717) is 16.4 Å². The van der Waals surface area contributed by atoms with Crippen LogP contribution in [0.4, 0.5) is 0 Å². The number of aliphatic hydroxyl groups is 1. The highest BCUT2D eigenvalue weighted by Gasteiger charge is 2.27. The number of nitrogens with one attached hydrogen (secondary N) is 1. The number of fused-ring (bicyclic) bond motifs is 1. The standard InChI is InChI=1S/C14H16N2O2S/c1-8-3-2-4-11-13(8)15-12(16-14(11)18)7-19-10-5-9(17)6-10/h2-4,9-10,17H,5-7H2,1H3,(H,15,16,18). The van der Waals surface area contributed by atoms with Crippen molar-refractivity contribution in [1.82, 2.24) is 9.97 Å². The molecule has 19 heavy (non-hydrogen) atoms. The summed E-state index contributed by atoms with van der Waals surface area (Å²) in [5, 5.41) is 10.4. The number of hydrogen-bond donors (Lipinski definition) is 2. The molecule has 0 spiro atoms. The first-order valence-electron chi connectivity index (χ1n) is 6.41. The molecule has 0 unspecified atom stereocenters. The zero-order chi connectivity index (χ0) is 13.4. The van der Waals surface area contributed by atoms with E-state index in [1.54, 1.807) is 17.8 Å². The molecule has 1 saturated carbocycles. The molecule has 4 nitrogen and oxygen atoms in total. The molecule has 0 saturated heterocycles. The molecule has 1 aliphatic rings. The van der Waals surface area contributed by atoms with Gasteiger partial charge in [-0.2, -0.15) is 11.8 Å². The van der Waals surface area contributed by atoms with Crippen LogP contribution in [0.1, 0.15) is 24.2 Å². The summed E-state index contributed by atoms with van der Waals surface area (Å²) in [6, 6.07) is 5.64. The molecular weight excluding hydrogens is 260 g/mol. The highest BCUT2D eigenvalue weighted by Crippen LogP contribution is 2.33. The quantitative estimate of drug-likeness (QED) is 0.899. The fourth-order valence-corrected chi connectivity index (χ4v) is 3.54. The minimum atomic E-state index is -0.136. The van der Waals surface area contributed by atoms with Crippen molar-refractivity contribution in [1.29, 1.82) is 0 Å². The van der Waals surface area contributed by atoms with Crippen LogP contribution in [0, 0.1) is 6.92 Å². The number of aryl methyl sites for hydroxylation is 1. The number of rotatable bonds is 3. The van der Waals surface area contributed by atoms with Crippen molar-refractivity contribution in [2.45, 2.75) is 36.9 Å². The van der Waals surface area contributed by atoms with Crippen LogP contribution in [-0.4, -0.2) is 26.4 Å². The maximum atomic E-state index is 12.0. The molecule has 0 bridgehead atoms. The second-order valence-corrected chi connectivity index (χ2v) is 6.33. The maximum absolute atomic E-state index is 12.0. The highest BCUT2D eigenvalue weighted by atomic mass is 32.2. The molecule has 1 heterocycles. The summed E-state index contributed by atoms with van der Waals surface area (Å²) in [6.07, 6.45) is 1.56. The number of nitrogens with zero attached hydrogens (tertiary/aromatic N) is 1. The van der Waals surface area contributed by atoms with Crippen molar-refractivity contribution in [2.75, 3.05) is 0 Å². The first-order valence-corrected chi connectivity index (χ1v) is 7.46. The molecule has 0 radical (unpaired) electrons. The Hall–Kier alpha value is -1.33. The lowest BCUT2D eigenvalue weighted by Gasteiger charge is -2.30. The van der Waals surface area contributed by atoms with Gasteiger partial charge in [0.2, 0.25) is 0 Å². The Labute approximate surface area is 115 Å². The molecule has 0 aliphatic heterocycles. The van der Waals surface area contributed by atoms with Gasteiger partial charge in [0.25, 0.3) is 5.56 Å². The van der Waals surface area contributed by atoms with Crippen molar-refractivity contribution in [2.24, 2.45) is 0 Å². The monoisotopic (exact) mass is 276 g/mol. The van der Waals surface area contributed by atoms with E-state index in [1.807, 2.05) is 19.1 Å². The molecule has 0 atom stereocenters. The average Bonchev–Trinajstić information content (AvgIpc) is 2.35. The second-order valence-electron chi connectivity index (χ2n) is 5.04. The van der Waals surface area contributed by atoms with E-state index in [9.17, 15) is 9.90 Å². The lowest BCUT2D eigenvalue weighted by atomic mass is 9.96. The first kappa shape index (κ1) is 12.7. The average molecular weight is 276 g/mol. The number of aromatic nitrogens is 2. The molecule has 100 valence electrons. The smallest absolute Gasteiger partial charge is 0.258 e. The van der Waals surface area contributed by atoms with Crippen LogP contribution >= 0.6 is 11.8 Å². The number of thioether (sulfide) groups is 1. The van der Waals surface area contributed by atoms with Crippen LogP contribution in [-0.2, 0) is 5.75 Å². The Morgan fingerprint density at radius 1 is 1.47 bits per heavy atom. The SMILES string of the molecule is Cc1cccc2c(=O)[nH]c(CSC3CC(O)C3)nc12. The van der Waals surface area contributed by atoms with Gasteiger partial charge in [0, 0.05) is 5.25 Å². The van der Waals surface area contributed by atoms with Gasteiger partial charge in [-0.15, -0.1) is 0 Å². The van der Waals surface area contributed by atoms with Gasteiger partial charge in [0.05, 0.1) is 22.8 Å². The summed E-state index contributed by atoms with van der Waals surface area (Å²) >= 11 is 1.75. The van der Waals surface area contributed by atoms with E-state index in [4.69, 9.17) is 0 Å². The van der Waals surface area contributed by atoms with E-state index >= 15 is 0 Å². The third-order valence-electron chi connectivity index (χ3n) is 3.51. The largest absolute Gasteiger partial charge is 0.393 e. The van der Waals surface area contributed by atoms with Gasteiger partial charge >= 0.3 is 0 Å². The fraction of sp³-hybridized carbons (Fsp3) is 0.429. The second kappa shape index (κ2) is 4.98. The van der Waals surface area contributed by atoms with Gasteiger partial charge in [0.1, 0.15) is 5.82 Å². The molecule has 5 heteroatoms. The number of aromatic amines is 1. The summed E-state index contributed by atoms with van der Waals surface area (Å²) in [5.41, 5.74) is 1.74. The summed E-state index contributed by atoms with van der Waals surface area (Å²) in [5.74, 6) is 1.41. The number of para-hydroxylation sites is 1. The zero-order valence-electron chi connectivity index (χ0n) is 10.7. The van der Waals surface area contributed by atoms with E-state index in [2.05, 4.69) is 9.97 Å². The van der Waals surface area contributed by atoms with Crippen LogP contribution in [0.15, 0.2) is 23.0 Å². The topological polar surface area (TPSA) is 66.0 Å². The molecule has 1 aromatic carbocycles. The Morgan fingerprint density at radius 3 is 3.00 bits per heavy atom. The van der Waals surface area contributed by atoms with Crippen molar-refractivity contribution < 1.29 is 5.11 Å². The van der Waals surface area contributed by atoms with Gasteiger partial charge in [-0.1, -0.05) is 12.1 Å². The molecule has 1 fully saturated rings. The normalized spacial score (nSPS) is 22.4. The minimum absolute atomic E-state index is 0.0713. The maximum Gasteiger partial charge on any atom is 0.258 e.